The average molecular weight is 396 g/mol. The molecule has 0 unspecified atom stereocenters. The van der Waals surface area contributed by atoms with Crippen LogP contribution in [0.1, 0.15) is 34.3 Å². The van der Waals surface area contributed by atoms with Gasteiger partial charge in [-0.1, -0.05) is 23.4 Å². The summed E-state index contributed by atoms with van der Waals surface area (Å²) < 4.78 is 4.94. The zero-order valence-corrected chi connectivity index (χ0v) is 16.7. The molecule has 0 aliphatic carbocycles. The molecule has 0 atom stereocenters. The van der Waals surface area contributed by atoms with E-state index >= 15 is 0 Å². The highest BCUT2D eigenvalue weighted by Gasteiger charge is 2.13. The lowest BCUT2D eigenvalue weighted by Gasteiger charge is -2.23. The first kappa shape index (κ1) is 21.0. The first-order valence-electron chi connectivity index (χ1n) is 9.83. The van der Waals surface area contributed by atoms with Crippen LogP contribution in [0.15, 0.2) is 47.6 Å². The molecular weight excluding hydrogens is 368 g/mol. The maximum atomic E-state index is 12.2. The largest absolute Gasteiger partial charge is 0.465 e. The molecule has 7 heteroatoms. The number of nitrogens with one attached hydrogen (secondary N) is 2. The van der Waals surface area contributed by atoms with Crippen molar-refractivity contribution in [3.63, 3.8) is 0 Å². The molecule has 0 radical (unpaired) electrons. The summed E-state index contributed by atoms with van der Waals surface area (Å²) in [7, 11) is 1.40. The molecule has 2 aromatic rings. The number of esters is 1. The highest BCUT2D eigenvalue weighted by Crippen LogP contribution is 2.24. The van der Waals surface area contributed by atoms with Crippen LogP contribution in [0.2, 0.25) is 0 Å². The van der Waals surface area contributed by atoms with E-state index in [1.54, 1.807) is 0 Å². The number of oxime groups is 1. The van der Waals surface area contributed by atoms with E-state index in [0.717, 1.165) is 41.9 Å². The number of nitrogens with two attached hydrogens (primary N) is 1. The van der Waals surface area contributed by atoms with Gasteiger partial charge in [0.15, 0.2) is 0 Å². The van der Waals surface area contributed by atoms with Gasteiger partial charge in [0.2, 0.25) is 0 Å². The van der Waals surface area contributed by atoms with E-state index < -0.39 is 0 Å². The maximum absolute atomic E-state index is 12.2. The van der Waals surface area contributed by atoms with Gasteiger partial charge in [0, 0.05) is 6.54 Å². The van der Waals surface area contributed by atoms with Gasteiger partial charge in [0.1, 0.15) is 0 Å². The third kappa shape index (κ3) is 6.12. The third-order valence-corrected chi connectivity index (χ3v) is 5.12. The number of carbonyl (C=O) groups excluding carboxylic acids is 1. The fourth-order valence-corrected chi connectivity index (χ4v) is 3.59. The van der Waals surface area contributed by atoms with Gasteiger partial charge in [-0.2, -0.15) is 0 Å². The second-order valence-electron chi connectivity index (χ2n) is 7.20. The Morgan fingerprint density at radius 2 is 2.07 bits per heavy atom. The van der Waals surface area contributed by atoms with Crippen LogP contribution in [0, 0.1) is 5.92 Å². The van der Waals surface area contributed by atoms with E-state index in [2.05, 4.69) is 26.8 Å². The van der Waals surface area contributed by atoms with E-state index in [4.69, 9.17) is 10.6 Å². The van der Waals surface area contributed by atoms with Crippen molar-refractivity contribution in [3.8, 4) is 11.1 Å². The average Bonchev–Trinajstić information content (AvgIpc) is 2.78. The van der Waals surface area contributed by atoms with Gasteiger partial charge < -0.3 is 20.3 Å². The minimum Gasteiger partial charge on any atom is -0.465 e. The number of piperidine rings is 1. The summed E-state index contributed by atoms with van der Waals surface area (Å²) in [6.07, 6.45) is 3.93. The van der Waals surface area contributed by atoms with Crippen molar-refractivity contribution in [2.75, 3.05) is 26.7 Å². The summed E-state index contributed by atoms with van der Waals surface area (Å²) in [5.74, 6) is 5.30. The summed E-state index contributed by atoms with van der Waals surface area (Å²) >= 11 is 0. The zero-order valence-electron chi connectivity index (χ0n) is 16.7. The predicted octanol–water partition coefficient (Wildman–Crippen LogP) is 2.45. The summed E-state index contributed by atoms with van der Waals surface area (Å²) in [5, 5.41) is 10.5. The van der Waals surface area contributed by atoms with Crippen LogP contribution in [-0.2, 0) is 16.2 Å². The van der Waals surface area contributed by atoms with Crippen molar-refractivity contribution in [2.24, 2.45) is 17.0 Å². The van der Waals surface area contributed by atoms with Gasteiger partial charge >= 0.3 is 5.97 Å². The van der Waals surface area contributed by atoms with Crippen molar-refractivity contribution in [2.45, 2.75) is 19.4 Å². The quantitative estimate of drug-likeness (QED) is 0.360. The fourth-order valence-electron chi connectivity index (χ4n) is 3.59. The number of nitrogens with zero attached hydrogens (tertiary/aromatic N) is 1. The van der Waals surface area contributed by atoms with Gasteiger partial charge in [-0.05, 0) is 84.9 Å². The molecule has 1 aliphatic rings. The molecule has 7 nitrogen and oxygen atoms in total. The molecule has 1 heterocycles. The number of methoxy groups -OCH3 is 1. The fraction of sp³-hybridized carbons (Fsp3) is 0.364. The monoisotopic (exact) mass is 396 g/mol. The molecule has 0 bridgehead atoms. The molecule has 0 saturated carbocycles. The highest BCUT2D eigenvalue weighted by atomic mass is 16.7. The Balaban J connectivity index is 1.80. The Kier molecular flexibility index (Phi) is 7.75. The molecule has 3 rings (SSSR count). The lowest BCUT2D eigenvalue weighted by molar-refractivity contribution is 0.0600. The number of benzene rings is 2. The Morgan fingerprint density at radius 1 is 1.24 bits per heavy atom. The Hall–Kier alpha value is -2.74. The highest BCUT2D eigenvalue weighted by molar-refractivity contribution is 5.91. The van der Waals surface area contributed by atoms with Crippen LogP contribution in [0.3, 0.4) is 0 Å². The molecule has 0 aromatic heterocycles. The van der Waals surface area contributed by atoms with Crippen molar-refractivity contribution in [1.82, 2.24) is 10.6 Å². The van der Waals surface area contributed by atoms with E-state index in [0.29, 0.717) is 18.0 Å². The molecule has 4 N–H and O–H groups in total. The van der Waals surface area contributed by atoms with Crippen molar-refractivity contribution >= 4 is 12.2 Å². The standard InChI is InChI=1S/C22H28N4O3/c1-28-22(27)21-11-18(14-25-13-16-5-7-24-8-6-16)10-20(12-21)19-4-2-3-17(9-19)15-26-29-23/h2-4,9-12,15-16,24-25H,5-8,13-14,23H2,1H3/b26-15+. The summed E-state index contributed by atoms with van der Waals surface area (Å²) in [6, 6.07) is 13.6. The Labute approximate surface area is 171 Å². The SMILES string of the molecule is COC(=O)c1cc(CNCC2CCNCC2)cc(-c2cccc(/C=N/ON)c2)c1. The molecule has 2 aromatic carbocycles. The zero-order chi connectivity index (χ0) is 20.5. The van der Waals surface area contributed by atoms with Crippen LogP contribution in [-0.4, -0.2) is 38.9 Å². The van der Waals surface area contributed by atoms with Crippen LogP contribution < -0.4 is 16.5 Å². The lowest BCUT2D eigenvalue weighted by atomic mass is 9.97. The summed E-state index contributed by atoms with van der Waals surface area (Å²) in [6.45, 7) is 3.85. The van der Waals surface area contributed by atoms with Crippen LogP contribution in [0.5, 0.6) is 0 Å². The molecule has 1 aliphatic heterocycles. The summed E-state index contributed by atoms with van der Waals surface area (Å²) in [5.41, 5.74) is 4.34. The number of hydrogen-bond donors (Lipinski definition) is 3. The second-order valence-corrected chi connectivity index (χ2v) is 7.20. The molecule has 0 spiro atoms. The lowest BCUT2D eigenvalue weighted by Crippen LogP contribution is -2.33. The molecule has 154 valence electrons. The second kappa shape index (κ2) is 10.7. The molecule has 1 fully saturated rings. The van der Waals surface area contributed by atoms with E-state index in [-0.39, 0.29) is 5.97 Å². The normalized spacial score (nSPS) is 14.8. The smallest absolute Gasteiger partial charge is 0.337 e. The van der Waals surface area contributed by atoms with Crippen LogP contribution in [0.25, 0.3) is 11.1 Å². The summed E-state index contributed by atoms with van der Waals surface area (Å²) in [4.78, 5) is 16.4. The van der Waals surface area contributed by atoms with E-state index in [1.807, 2.05) is 36.4 Å². The number of rotatable bonds is 8. The number of carbonyl (C=O) groups is 1. The topological polar surface area (TPSA) is 98.0 Å². The predicted molar refractivity (Wildman–Crippen MR) is 113 cm³/mol. The minimum absolute atomic E-state index is 0.347. The molecule has 1 saturated heterocycles. The van der Waals surface area contributed by atoms with E-state index in [9.17, 15) is 4.79 Å². The van der Waals surface area contributed by atoms with Crippen LogP contribution in [0.4, 0.5) is 0 Å². The minimum atomic E-state index is -0.347. The van der Waals surface area contributed by atoms with Crippen molar-refractivity contribution < 1.29 is 14.5 Å². The van der Waals surface area contributed by atoms with Crippen LogP contribution >= 0.6 is 0 Å². The van der Waals surface area contributed by atoms with Crippen molar-refractivity contribution in [3.05, 3.63) is 59.2 Å². The Morgan fingerprint density at radius 3 is 2.83 bits per heavy atom. The van der Waals surface area contributed by atoms with Gasteiger partial charge in [-0.25, -0.2) is 4.79 Å². The third-order valence-electron chi connectivity index (χ3n) is 5.12. The maximum Gasteiger partial charge on any atom is 0.337 e. The van der Waals surface area contributed by atoms with Gasteiger partial charge in [0.25, 0.3) is 0 Å². The molecular formula is C22H28N4O3. The number of hydrogen-bond acceptors (Lipinski definition) is 7. The van der Waals surface area contributed by atoms with Gasteiger partial charge in [0.05, 0.1) is 18.9 Å². The van der Waals surface area contributed by atoms with E-state index in [1.165, 1.54) is 26.2 Å². The molecule has 0 amide bonds. The number of ether oxygens (including phenoxy) is 1. The van der Waals surface area contributed by atoms with Gasteiger partial charge in [-0.3, -0.25) is 0 Å². The first-order chi connectivity index (χ1) is 14.2. The molecule has 29 heavy (non-hydrogen) atoms. The first-order valence-corrected chi connectivity index (χ1v) is 9.83. The van der Waals surface area contributed by atoms with Gasteiger partial charge in [-0.15, -0.1) is 5.90 Å². The van der Waals surface area contributed by atoms with Crippen molar-refractivity contribution in [1.29, 1.82) is 0 Å². The Bertz CT molecular complexity index is 848.